The first-order chi connectivity index (χ1) is 9.24. The monoisotopic (exact) mass is 272 g/mol. The molecule has 0 bridgehead atoms. The van der Waals surface area contributed by atoms with Gasteiger partial charge in [-0.25, -0.2) is 0 Å². The summed E-state index contributed by atoms with van der Waals surface area (Å²) in [6.07, 6.45) is 5.75. The van der Waals surface area contributed by atoms with E-state index < -0.39 is 0 Å². The number of hydrogen-bond acceptors (Lipinski definition) is 0. The molecule has 0 unspecified atom stereocenters. The predicted octanol–water partition coefficient (Wildman–Crippen LogP) is 5.67. The van der Waals surface area contributed by atoms with Crippen LogP contribution in [-0.2, 0) is 0 Å². The molecule has 0 aliphatic heterocycles. The molecular weight excluding hydrogens is 240 g/mol. The van der Waals surface area contributed by atoms with Crippen LogP contribution < -0.4 is 0 Å². The van der Waals surface area contributed by atoms with Gasteiger partial charge in [-0.05, 0) is 69.0 Å². The van der Waals surface area contributed by atoms with Crippen LogP contribution in [0.5, 0.6) is 0 Å². The number of hydrogen-bond donors (Lipinski definition) is 0. The van der Waals surface area contributed by atoms with Gasteiger partial charge in [-0.2, -0.15) is 0 Å². The molecule has 0 aromatic heterocycles. The molecule has 6 fully saturated rings. The normalized spacial score (nSPS) is 80.4. The van der Waals surface area contributed by atoms with Crippen LogP contribution in [0.2, 0.25) is 0 Å². The quantitative estimate of drug-likeness (QED) is 0.619. The lowest BCUT2D eigenvalue weighted by Crippen LogP contribution is -3.30. The van der Waals surface area contributed by atoms with E-state index in [1.165, 1.54) is 25.7 Å². The molecule has 20 heavy (non-hydrogen) atoms. The van der Waals surface area contributed by atoms with Gasteiger partial charge in [0, 0.05) is 0 Å². The summed E-state index contributed by atoms with van der Waals surface area (Å²) < 4.78 is 0. The Morgan fingerprint density at radius 2 is 0.550 bits per heavy atom. The molecular formula is C20H32. The summed E-state index contributed by atoms with van der Waals surface area (Å²) in [5, 5.41) is 0. The minimum Gasteiger partial charge on any atom is -0.0648 e. The maximum atomic E-state index is 2.69. The second-order valence-electron chi connectivity index (χ2n) is 9.54. The first-order valence-electron chi connectivity index (χ1n) is 9.24. The third-order valence-electron chi connectivity index (χ3n) is 12.4. The van der Waals surface area contributed by atoms with E-state index in [0.717, 1.165) is 0 Å². The van der Waals surface area contributed by atoms with Crippen LogP contribution in [0.3, 0.4) is 0 Å². The Bertz CT molecular complexity index is 457. The smallest absolute Gasteiger partial charge is 0.00995 e. The minimum atomic E-state index is 0.652. The summed E-state index contributed by atoms with van der Waals surface area (Å²) in [6.45, 7) is 20.8. The van der Waals surface area contributed by atoms with E-state index in [1.54, 1.807) is 0 Å². The molecule has 0 heterocycles. The summed E-state index contributed by atoms with van der Waals surface area (Å²) in [6, 6.07) is 0. The summed E-state index contributed by atoms with van der Waals surface area (Å²) in [5.74, 6) is 0. The highest BCUT2D eigenvalue weighted by Gasteiger charge is 3.31. The molecule has 0 N–H and O–H groups in total. The largest absolute Gasteiger partial charge is 0.0648 e. The van der Waals surface area contributed by atoms with E-state index in [1.807, 2.05) is 0 Å². The van der Waals surface area contributed by atoms with Crippen LogP contribution in [0.25, 0.3) is 0 Å². The summed E-state index contributed by atoms with van der Waals surface area (Å²) in [7, 11) is 0. The van der Waals surface area contributed by atoms with Gasteiger partial charge in [-0.1, -0.05) is 55.4 Å². The summed E-state index contributed by atoms with van der Waals surface area (Å²) in [5.41, 5.74) is 5.42. The lowest BCUT2D eigenvalue weighted by atomic mass is 8.70. The van der Waals surface area contributed by atoms with Gasteiger partial charge in [0.2, 0.25) is 0 Å². The average Bonchev–Trinajstić information content (AvgIpc) is 2.44. The highest BCUT2D eigenvalue weighted by Crippen LogP contribution is 3.34. The zero-order valence-corrected chi connectivity index (χ0v) is 14.8. The minimum absolute atomic E-state index is 0.652. The fraction of sp³-hybridized carbons (Fsp3) is 1.00. The van der Waals surface area contributed by atoms with Crippen molar-refractivity contribution in [3.8, 4) is 0 Å². The second-order valence-corrected chi connectivity index (χ2v) is 9.54. The molecule has 6 aliphatic carbocycles. The maximum Gasteiger partial charge on any atom is -0.00995 e. The lowest BCUT2D eigenvalue weighted by molar-refractivity contribution is -0.875. The third-order valence-corrected chi connectivity index (χ3v) is 12.4. The van der Waals surface area contributed by atoms with E-state index in [2.05, 4.69) is 55.4 Å². The van der Waals surface area contributed by atoms with Crippen molar-refractivity contribution in [2.24, 2.45) is 43.3 Å². The standard InChI is InChI=1S/C20H32/c1-9-17-13(5)14(6)16(8)15(13,7)19(17,11-3)20(16,12-4)18(14,17)10-2/h9-12H2,1-8H3. The zero-order valence-electron chi connectivity index (χ0n) is 14.8. The third kappa shape index (κ3) is 0.361. The van der Waals surface area contributed by atoms with Crippen molar-refractivity contribution in [2.75, 3.05) is 0 Å². The van der Waals surface area contributed by atoms with E-state index in [-0.39, 0.29) is 0 Å². The molecule has 112 valence electrons. The second kappa shape index (κ2) is 2.28. The lowest BCUT2D eigenvalue weighted by Gasteiger charge is -3.33. The van der Waals surface area contributed by atoms with Crippen LogP contribution in [0, 0.1) is 43.3 Å². The topological polar surface area (TPSA) is 0 Å². The van der Waals surface area contributed by atoms with Crippen LogP contribution in [0.15, 0.2) is 0 Å². The van der Waals surface area contributed by atoms with Crippen molar-refractivity contribution in [1.29, 1.82) is 0 Å². The maximum absolute atomic E-state index is 2.69. The summed E-state index contributed by atoms with van der Waals surface area (Å²) in [4.78, 5) is 0. The Labute approximate surface area is 125 Å². The van der Waals surface area contributed by atoms with Crippen LogP contribution >= 0.6 is 0 Å². The Hall–Kier alpha value is 0. The Kier molecular flexibility index (Phi) is 1.43. The van der Waals surface area contributed by atoms with Crippen molar-refractivity contribution in [2.45, 2.75) is 81.1 Å². The highest BCUT2D eigenvalue weighted by molar-refractivity contribution is 5.77. The van der Waals surface area contributed by atoms with Crippen molar-refractivity contribution in [3.63, 3.8) is 0 Å². The van der Waals surface area contributed by atoms with Crippen LogP contribution in [0.4, 0.5) is 0 Å². The predicted molar refractivity (Wildman–Crippen MR) is 83.3 cm³/mol. The first-order valence-corrected chi connectivity index (χ1v) is 9.24. The van der Waals surface area contributed by atoms with Crippen molar-refractivity contribution < 1.29 is 0 Å². The van der Waals surface area contributed by atoms with E-state index in [4.69, 9.17) is 0 Å². The molecule has 6 rings (SSSR count). The van der Waals surface area contributed by atoms with Gasteiger partial charge in [0.05, 0.1) is 0 Å². The van der Waals surface area contributed by atoms with Crippen molar-refractivity contribution in [3.05, 3.63) is 0 Å². The molecule has 0 spiro atoms. The molecule has 0 radical (unpaired) electrons. The van der Waals surface area contributed by atoms with Crippen molar-refractivity contribution in [1.82, 2.24) is 0 Å². The van der Waals surface area contributed by atoms with Gasteiger partial charge in [0.25, 0.3) is 0 Å². The van der Waals surface area contributed by atoms with Gasteiger partial charge in [-0.3, -0.25) is 0 Å². The molecule has 6 saturated carbocycles. The molecule has 0 aromatic rings. The van der Waals surface area contributed by atoms with E-state index >= 15 is 0 Å². The molecule has 0 heteroatoms. The van der Waals surface area contributed by atoms with Gasteiger partial charge in [0.15, 0.2) is 0 Å². The van der Waals surface area contributed by atoms with E-state index in [9.17, 15) is 0 Å². The van der Waals surface area contributed by atoms with Gasteiger partial charge < -0.3 is 0 Å². The van der Waals surface area contributed by atoms with Gasteiger partial charge >= 0.3 is 0 Å². The molecule has 0 atom stereocenters. The Morgan fingerprint density at radius 3 is 0.650 bits per heavy atom. The molecule has 6 aliphatic rings. The average molecular weight is 272 g/mol. The Balaban J connectivity index is 1.87. The number of rotatable bonds is 4. The highest BCUT2D eigenvalue weighted by atomic mass is 15.3. The fourth-order valence-corrected chi connectivity index (χ4v) is 13.7. The molecule has 0 amide bonds. The SMILES string of the molecule is CCC12C3(C)C4(C)C5(C)C3(C)C1(CC)C5(CC)C42CC. The van der Waals surface area contributed by atoms with Gasteiger partial charge in [0.1, 0.15) is 0 Å². The zero-order chi connectivity index (χ0) is 14.8. The molecule has 0 nitrogen and oxygen atoms in total. The first kappa shape index (κ1) is 12.5. The van der Waals surface area contributed by atoms with E-state index in [0.29, 0.717) is 43.3 Å². The Morgan fingerprint density at radius 1 is 0.400 bits per heavy atom. The van der Waals surface area contributed by atoms with Crippen LogP contribution in [0.1, 0.15) is 81.1 Å². The van der Waals surface area contributed by atoms with Crippen molar-refractivity contribution >= 4 is 0 Å². The van der Waals surface area contributed by atoms with Crippen LogP contribution in [-0.4, -0.2) is 0 Å². The fourth-order valence-electron chi connectivity index (χ4n) is 13.7. The van der Waals surface area contributed by atoms with Gasteiger partial charge in [-0.15, -0.1) is 0 Å². The summed E-state index contributed by atoms with van der Waals surface area (Å²) >= 11 is 0. The molecule has 0 saturated heterocycles. The molecule has 0 aromatic carbocycles.